The van der Waals surface area contributed by atoms with Crippen molar-refractivity contribution < 1.29 is 23.1 Å². The maximum atomic E-state index is 12.6. The number of halogens is 3. The fraction of sp³-hybridized carbons (Fsp3) is 0.417. The summed E-state index contributed by atoms with van der Waals surface area (Å²) in [5, 5.41) is 9.05. The molecule has 3 nitrogen and oxygen atoms in total. The molecule has 1 N–H and O–H groups in total. The SMILES string of the molecule is CCN1c2ccc(C(F)(F)F)cc2CC1C(=O)O. The summed E-state index contributed by atoms with van der Waals surface area (Å²) in [5.41, 5.74) is 0.292. The van der Waals surface area contributed by atoms with E-state index in [4.69, 9.17) is 5.11 Å². The third-order valence-electron chi connectivity index (χ3n) is 3.13. The van der Waals surface area contributed by atoms with E-state index in [1.54, 1.807) is 11.8 Å². The molecule has 1 unspecified atom stereocenters. The zero-order valence-corrected chi connectivity index (χ0v) is 9.66. The van der Waals surface area contributed by atoms with Gasteiger partial charge in [0, 0.05) is 18.7 Å². The third-order valence-corrected chi connectivity index (χ3v) is 3.13. The van der Waals surface area contributed by atoms with Gasteiger partial charge in [-0.2, -0.15) is 13.2 Å². The van der Waals surface area contributed by atoms with Gasteiger partial charge in [-0.15, -0.1) is 0 Å². The lowest BCUT2D eigenvalue weighted by Crippen LogP contribution is -2.38. The molecular formula is C12H12F3NO2. The summed E-state index contributed by atoms with van der Waals surface area (Å²) in [6.07, 6.45) is -4.28. The number of hydrogen-bond acceptors (Lipinski definition) is 2. The molecule has 0 saturated carbocycles. The first-order chi connectivity index (χ1) is 8.34. The zero-order valence-electron chi connectivity index (χ0n) is 9.66. The van der Waals surface area contributed by atoms with Gasteiger partial charge in [-0.25, -0.2) is 4.79 Å². The van der Waals surface area contributed by atoms with Gasteiger partial charge in [-0.05, 0) is 30.7 Å². The monoisotopic (exact) mass is 259 g/mol. The van der Waals surface area contributed by atoms with Crippen LogP contribution in [0.2, 0.25) is 0 Å². The topological polar surface area (TPSA) is 40.5 Å². The zero-order chi connectivity index (χ0) is 13.5. The molecule has 0 aliphatic carbocycles. The molecule has 0 radical (unpaired) electrons. The van der Waals surface area contributed by atoms with Crippen LogP contribution in [-0.4, -0.2) is 23.7 Å². The molecule has 1 aliphatic rings. The van der Waals surface area contributed by atoms with Gasteiger partial charge < -0.3 is 10.0 Å². The molecule has 0 spiro atoms. The first-order valence-electron chi connectivity index (χ1n) is 5.54. The number of likely N-dealkylation sites (N-methyl/N-ethyl adjacent to an activating group) is 1. The highest BCUT2D eigenvalue weighted by atomic mass is 19.4. The Balaban J connectivity index is 2.41. The van der Waals surface area contributed by atoms with E-state index in [1.165, 1.54) is 6.07 Å². The lowest BCUT2D eigenvalue weighted by atomic mass is 10.1. The highest BCUT2D eigenvalue weighted by molar-refractivity contribution is 5.82. The van der Waals surface area contributed by atoms with Crippen molar-refractivity contribution in [2.24, 2.45) is 0 Å². The van der Waals surface area contributed by atoms with Gasteiger partial charge in [0.2, 0.25) is 0 Å². The van der Waals surface area contributed by atoms with E-state index >= 15 is 0 Å². The van der Waals surface area contributed by atoms with E-state index in [-0.39, 0.29) is 6.42 Å². The molecule has 6 heteroatoms. The van der Waals surface area contributed by atoms with Crippen LogP contribution in [-0.2, 0) is 17.4 Å². The van der Waals surface area contributed by atoms with E-state index in [9.17, 15) is 18.0 Å². The van der Waals surface area contributed by atoms with E-state index in [1.807, 2.05) is 0 Å². The summed E-state index contributed by atoms with van der Waals surface area (Å²) in [4.78, 5) is 12.7. The highest BCUT2D eigenvalue weighted by Crippen LogP contribution is 2.37. The van der Waals surface area contributed by atoms with E-state index < -0.39 is 23.8 Å². The van der Waals surface area contributed by atoms with Gasteiger partial charge in [-0.1, -0.05) is 0 Å². The Labute approximate surface area is 102 Å². The molecule has 0 aromatic heterocycles. The molecule has 0 amide bonds. The predicted molar refractivity (Wildman–Crippen MR) is 59.6 cm³/mol. The summed E-state index contributed by atoms with van der Waals surface area (Å²) >= 11 is 0. The fourth-order valence-corrected chi connectivity index (χ4v) is 2.30. The molecule has 98 valence electrons. The number of rotatable bonds is 2. The Bertz CT molecular complexity index is 485. The largest absolute Gasteiger partial charge is 0.480 e. The van der Waals surface area contributed by atoms with E-state index in [0.29, 0.717) is 17.8 Å². The molecule has 0 saturated heterocycles. The minimum Gasteiger partial charge on any atom is -0.480 e. The van der Waals surface area contributed by atoms with Crippen LogP contribution in [0.25, 0.3) is 0 Å². The Kier molecular flexibility index (Phi) is 2.96. The molecule has 1 aliphatic heterocycles. The second-order valence-electron chi connectivity index (χ2n) is 4.19. The number of alkyl halides is 3. The first kappa shape index (κ1) is 12.7. The average Bonchev–Trinajstić information content (AvgIpc) is 2.65. The Morgan fingerprint density at radius 1 is 1.50 bits per heavy atom. The molecule has 18 heavy (non-hydrogen) atoms. The number of benzene rings is 1. The molecule has 1 aromatic carbocycles. The second-order valence-corrected chi connectivity index (χ2v) is 4.19. The fourth-order valence-electron chi connectivity index (χ4n) is 2.30. The Morgan fingerprint density at radius 2 is 2.17 bits per heavy atom. The number of aliphatic carboxylic acids is 1. The van der Waals surface area contributed by atoms with Gasteiger partial charge in [0.15, 0.2) is 0 Å². The number of hydrogen-bond donors (Lipinski definition) is 1. The van der Waals surface area contributed by atoms with Crippen LogP contribution in [0, 0.1) is 0 Å². The molecule has 0 bridgehead atoms. The van der Waals surface area contributed by atoms with Crippen molar-refractivity contribution >= 4 is 11.7 Å². The van der Waals surface area contributed by atoms with Crippen LogP contribution in [0.3, 0.4) is 0 Å². The standard InChI is InChI=1S/C12H12F3NO2/c1-2-16-9-4-3-8(12(13,14)15)5-7(9)6-10(16)11(17)18/h3-5,10H,2,6H2,1H3,(H,17,18). The lowest BCUT2D eigenvalue weighted by molar-refractivity contribution is -0.138. The maximum absolute atomic E-state index is 12.6. The number of fused-ring (bicyclic) bond motifs is 1. The minimum atomic E-state index is -4.40. The van der Waals surface area contributed by atoms with Crippen molar-refractivity contribution in [1.29, 1.82) is 0 Å². The summed E-state index contributed by atoms with van der Waals surface area (Å²) in [7, 11) is 0. The average molecular weight is 259 g/mol. The van der Waals surface area contributed by atoms with Crippen LogP contribution >= 0.6 is 0 Å². The number of carboxylic acid groups (broad SMARTS) is 1. The van der Waals surface area contributed by atoms with Crippen molar-refractivity contribution in [2.75, 3.05) is 11.4 Å². The number of anilines is 1. The van der Waals surface area contributed by atoms with Crippen LogP contribution in [0.4, 0.5) is 18.9 Å². The number of nitrogens with zero attached hydrogens (tertiary/aromatic N) is 1. The van der Waals surface area contributed by atoms with Crippen molar-refractivity contribution in [3.63, 3.8) is 0 Å². The van der Waals surface area contributed by atoms with Gasteiger partial charge in [0.05, 0.1) is 5.56 Å². The Morgan fingerprint density at radius 3 is 2.67 bits per heavy atom. The van der Waals surface area contributed by atoms with E-state index in [2.05, 4.69) is 0 Å². The van der Waals surface area contributed by atoms with Crippen LogP contribution in [0.15, 0.2) is 18.2 Å². The van der Waals surface area contributed by atoms with Crippen molar-refractivity contribution in [1.82, 2.24) is 0 Å². The molecule has 0 fully saturated rings. The normalized spacial score (nSPS) is 18.9. The molecule has 1 aromatic rings. The third kappa shape index (κ3) is 2.02. The van der Waals surface area contributed by atoms with Crippen molar-refractivity contribution in [3.8, 4) is 0 Å². The number of carboxylic acids is 1. The molecule has 1 atom stereocenters. The highest BCUT2D eigenvalue weighted by Gasteiger charge is 2.36. The summed E-state index contributed by atoms with van der Waals surface area (Å²) in [6, 6.07) is 2.62. The van der Waals surface area contributed by atoms with Crippen LogP contribution in [0.5, 0.6) is 0 Å². The molecular weight excluding hydrogens is 247 g/mol. The van der Waals surface area contributed by atoms with Gasteiger partial charge in [-0.3, -0.25) is 0 Å². The first-order valence-corrected chi connectivity index (χ1v) is 5.54. The molecule has 2 rings (SSSR count). The minimum absolute atomic E-state index is 0.114. The smallest absolute Gasteiger partial charge is 0.416 e. The summed E-state index contributed by atoms with van der Waals surface area (Å²) in [5.74, 6) is -1.01. The Hall–Kier alpha value is -1.72. The van der Waals surface area contributed by atoms with Gasteiger partial charge >= 0.3 is 12.1 Å². The van der Waals surface area contributed by atoms with Crippen molar-refractivity contribution in [3.05, 3.63) is 29.3 Å². The van der Waals surface area contributed by atoms with Crippen LogP contribution < -0.4 is 4.90 Å². The van der Waals surface area contributed by atoms with Gasteiger partial charge in [0.25, 0.3) is 0 Å². The summed E-state index contributed by atoms with van der Waals surface area (Å²) in [6.45, 7) is 2.23. The van der Waals surface area contributed by atoms with Crippen LogP contribution in [0.1, 0.15) is 18.1 Å². The predicted octanol–water partition coefficient (Wildman–Crippen LogP) is 2.54. The quantitative estimate of drug-likeness (QED) is 0.887. The molecule has 1 heterocycles. The lowest BCUT2D eigenvalue weighted by Gasteiger charge is -2.22. The van der Waals surface area contributed by atoms with Gasteiger partial charge in [0.1, 0.15) is 6.04 Å². The maximum Gasteiger partial charge on any atom is 0.416 e. The van der Waals surface area contributed by atoms with Crippen molar-refractivity contribution in [2.45, 2.75) is 25.6 Å². The number of carbonyl (C=O) groups is 1. The summed E-state index contributed by atoms with van der Waals surface area (Å²) < 4.78 is 37.7. The second kappa shape index (κ2) is 4.19. The van der Waals surface area contributed by atoms with E-state index in [0.717, 1.165) is 12.1 Å².